The lowest BCUT2D eigenvalue weighted by molar-refractivity contribution is 0.0922. The summed E-state index contributed by atoms with van der Waals surface area (Å²) < 4.78 is 10.1. The van der Waals surface area contributed by atoms with E-state index in [9.17, 15) is 0 Å². The molecule has 6 nitrogen and oxygen atoms in total. The molecular weight excluding hydrogens is 222 g/mol. The van der Waals surface area contributed by atoms with Gasteiger partial charge in [0.1, 0.15) is 5.82 Å². The third-order valence-electron chi connectivity index (χ3n) is 2.09. The largest absolute Gasteiger partial charge is 0.479 e. The van der Waals surface area contributed by atoms with E-state index in [0.717, 1.165) is 18.8 Å². The van der Waals surface area contributed by atoms with Crippen molar-refractivity contribution in [2.45, 2.75) is 6.42 Å². The first-order chi connectivity index (χ1) is 8.27. The average molecular weight is 241 g/mol. The fourth-order valence-corrected chi connectivity index (χ4v) is 1.27. The number of aliphatic hydroxyl groups is 1. The number of methoxy groups -OCH3 is 1. The highest BCUT2D eigenvalue weighted by molar-refractivity contribution is 5.53. The molecule has 0 aliphatic heterocycles. The quantitative estimate of drug-likeness (QED) is 0.574. The van der Waals surface area contributed by atoms with Crippen LogP contribution in [-0.2, 0) is 4.74 Å². The number of pyridine rings is 1. The van der Waals surface area contributed by atoms with Gasteiger partial charge in [0.15, 0.2) is 0 Å². The minimum absolute atomic E-state index is 0.0597. The molecule has 6 heteroatoms. The van der Waals surface area contributed by atoms with Crippen molar-refractivity contribution >= 4 is 11.5 Å². The van der Waals surface area contributed by atoms with Crippen molar-refractivity contribution < 1.29 is 14.6 Å². The van der Waals surface area contributed by atoms with Gasteiger partial charge in [0.2, 0.25) is 5.88 Å². The van der Waals surface area contributed by atoms with Crippen LogP contribution >= 0.6 is 0 Å². The van der Waals surface area contributed by atoms with Crippen molar-refractivity contribution in [2.24, 2.45) is 0 Å². The molecule has 0 atom stereocenters. The number of aliphatic hydroxyl groups excluding tert-OH is 1. The monoisotopic (exact) mass is 241 g/mol. The van der Waals surface area contributed by atoms with E-state index in [2.05, 4.69) is 10.3 Å². The number of anilines is 2. The van der Waals surface area contributed by atoms with E-state index in [1.165, 1.54) is 7.11 Å². The molecule has 0 unspecified atom stereocenters. The Labute approximate surface area is 101 Å². The molecule has 96 valence electrons. The Morgan fingerprint density at radius 2 is 2.24 bits per heavy atom. The second-order valence-electron chi connectivity index (χ2n) is 3.41. The molecule has 0 aliphatic rings. The van der Waals surface area contributed by atoms with Crippen LogP contribution in [0.5, 0.6) is 5.88 Å². The molecule has 0 aromatic carbocycles. The smallest absolute Gasteiger partial charge is 0.238 e. The van der Waals surface area contributed by atoms with Gasteiger partial charge >= 0.3 is 0 Å². The van der Waals surface area contributed by atoms with Crippen molar-refractivity contribution in [3.8, 4) is 5.88 Å². The van der Waals surface area contributed by atoms with Crippen molar-refractivity contribution in [3.05, 3.63) is 12.1 Å². The highest BCUT2D eigenvalue weighted by Gasteiger charge is 2.01. The summed E-state index contributed by atoms with van der Waals surface area (Å²) in [6.45, 7) is 1.79. The Morgan fingerprint density at radius 3 is 2.94 bits per heavy atom. The molecule has 1 heterocycles. The first kappa shape index (κ1) is 13.5. The van der Waals surface area contributed by atoms with Crippen LogP contribution in [0.1, 0.15) is 6.42 Å². The molecule has 1 aromatic heterocycles. The number of nitrogens with zero attached hydrogens (tertiary/aromatic N) is 1. The maximum atomic E-state index is 8.51. The Bertz CT molecular complexity index is 334. The zero-order chi connectivity index (χ0) is 12.5. The standard InChI is InChI=1S/C11H19N3O3/c1-16-11-9(12)3-4-10(14-11)13-5-2-7-17-8-6-15/h3-4,15H,2,5-8,12H2,1H3,(H,13,14). The number of hydrogen-bond acceptors (Lipinski definition) is 6. The van der Waals surface area contributed by atoms with Gasteiger partial charge in [-0.1, -0.05) is 0 Å². The fraction of sp³-hybridized carbons (Fsp3) is 0.545. The summed E-state index contributed by atoms with van der Waals surface area (Å²) in [6, 6.07) is 3.54. The molecule has 0 radical (unpaired) electrons. The molecule has 1 rings (SSSR count). The number of nitrogens with two attached hydrogens (primary N) is 1. The molecule has 1 aromatic rings. The molecule has 0 spiro atoms. The number of rotatable bonds is 8. The minimum Gasteiger partial charge on any atom is -0.479 e. The highest BCUT2D eigenvalue weighted by Crippen LogP contribution is 2.19. The molecule has 0 aliphatic carbocycles. The summed E-state index contributed by atoms with van der Waals surface area (Å²) in [4.78, 5) is 4.19. The van der Waals surface area contributed by atoms with Crippen LogP contribution in [0.2, 0.25) is 0 Å². The molecule has 0 amide bonds. The van der Waals surface area contributed by atoms with Crippen LogP contribution in [0.15, 0.2) is 12.1 Å². The number of ether oxygens (including phenoxy) is 2. The van der Waals surface area contributed by atoms with Gasteiger partial charge in [-0.3, -0.25) is 0 Å². The summed E-state index contributed by atoms with van der Waals surface area (Å²) in [7, 11) is 1.53. The first-order valence-electron chi connectivity index (χ1n) is 5.51. The lowest BCUT2D eigenvalue weighted by Crippen LogP contribution is -2.09. The average Bonchev–Trinajstić information content (AvgIpc) is 2.35. The maximum absolute atomic E-state index is 8.51. The molecule has 0 bridgehead atoms. The zero-order valence-electron chi connectivity index (χ0n) is 9.98. The van der Waals surface area contributed by atoms with E-state index in [-0.39, 0.29) is 6.61 Å². The molecule has 4 N–H and O–H groups in total. The second-order valence-corrected chi connectivity index (χ2v) is 3.41. The van der Waals surface area contributed by atoms with Crippen LogP contribution in [-0.4, -0.2) is 43.6 Å². The van der Waals surface area contributed by atoms with E-state index >= 15 is 0 Å². The Morgan fingerprint density at radius 1 is 1.41 bits per heavy atom. The zero-order valence-corrected chi connectivity index (χ0v) is 9.98. The van der Waals surface area contributed by atoms with Crippen LogP contribution in [0.3, 0.4) is 0 Å². The van der Waals surface area contributed by atoms with E-state index in [4.69, 9.17) is 20.3 Å². The molecular formula is C11H19N3O3. The van der Waals surface area contributed by atoms with Gasteiger partial charge in [0.25, 0.3) is 0 Å². The first-order valence-corrected chi connectivity index (χ1v) is 5.51. The number of nitrogen functional groups attached to an aromatic ring is 1. The van der Waals surface area contributed by atoms with E-state index in [1.807, 2.05) is 0 Å². The Balaban J connectivity index is 2.27. The fourth-order valence-electron chi connectivity index (χ4n) is 1.27. The topological polar surface area (TPSA) is 89.6 Å². The maximum Gasteiger partial charge on any atom is 0.238 e. The lowest BCUT2D eigenvalue weighted by Gasteiger charge is -2.08. The van der Waals surface area contributed by atoms with Crippen molar-refractivity contribution in [2.75, 3.05) is 44.5 Å². The predicted molar refractivity (Wildman–Crippen MR) is 66.2 cm³/mol. The molecule has 0 saturated carbocycles. The SMILES string of the molecule is COc1nc(NCCCOCCO)ccc1N. The van der Waals surface area contributed by atoms with Gasteiger partial charge in [0.05, 0.1) is 26.0 Å². The summed E-state index contributed by atoms with van der Waals surface area (Å²) in [5.41, 5.74) is 6.17. The molecule has 0 saturated heterocycles. The summed E-state index contributed by atoms with van der Waals surface area (Å²) in [5.74, 6) is 1.14. The third kappa shape index (κ3) is 4.88. The van der Waals surface area contributed by atoms with E-state index < -0.39 is 0 Å². The summed E-state index contributed by atoms with van der Waals surface area (Å²) in [6.07, 6.45) is 0.842. The van der Waals surface area contributed by atoms with Gasteiger partial charge in [-0.15, -0.1) is 0 Å². The van der Waals surface area contributed by atoms with Crippen LogP contribution in [0, 0.1) is 0 Å². The number of nitrogens with one attached hydrogen (secondary N) is 1. The van der Waals surface area contributed by atoms with Crippen LogP contribution in [0.25, 0.3) is 0 Å². The summed E-state index contributed by atoms with van der Waals surface area (Å²) in [5, 5.41) is 11.6. The van der Waals surface area contributed by atoms with Crippen LogP contribution in [0.4, 0.5) is 11.5 Å². The van der Waals surface area contributed by atoms with Crippen molar-refractivity contribution in [3.63, 3.8) is 0 Å². The minimum atomic E-state index is 0.0597. The normalized spacial score (nSPS) is 10.2. The third-order valence-corrected chi connectivity index (χ3v) is 2.09. The predicted octanol–water partition coefficient (Wildman–Crippen LogP) is 0.483. The number of aromatic nitrogens is 1. The van der Waals surface area contributed by atoms with E-state index in [1.54, 1.807) is 12.1 Å². The van der Waals surface area contributed by atoms with Gasteiger partial charge in [-0.2, -0.15) is 4.98 Å². The molecule has 17 heavy (non-hydrogen) atoms. The Hall–Kier alpha value is -1.53. The van der Waals surface area contributed by atoms with Gasteiger partial charge in [0, 0.05) is 13.2 Å². The highest BCUT2D eigenvalue weighted by atomic mass is 16.5. The van der Waals surface area contributed by atoms with Gasteiger partial charge in [-0.25, -0.2) is 0 Å². The van der Waals surface area contributed by atoms with Crippen LogP contribution < -0.4 is 15.8 Å². The number of hydrogen-bond donors (Lipinski definition) is 3. The summed E-state index contributed by atoms with van der Waals surface area (Å²) >= 11 is 0. The molecule has 0 fully saturated rings. The lowest BCUT2D eigenvalue weighted by atomic mass is 10.4. The van der Waals surface area contributed by atoms with Gasteiger partial charge < -0.3 is 25.6 Å². The van der Waals surface area contributed by atoms with Gasteiger partial charge in [-0.05, 0) is 18.6 Å². The van der Waals surface area contributed by atoms with E-state index in [0.29, 0.717) is 24.8 Å². The van der Waals surface area contributed by atoms with Crippen molar-refractivity contribution in [1.82, 2.24) is 4.98 Å². The van der Waals surface area contributed by atoms with Crippen molar-refractivity contribution in [1.29, 1.82) is 0 Å². The Kier molecular flexibility index (Phi) is 6.13. The second kappa shape index (κ2) is 7.70.